The second kappa shape index (κ2) is 7.47. The van der Waals surface area contributed by atoms with E-state index in [2.05, 4.69) is 27.7 Å². The molecule has 2 fully saturated rings. The van der Waals surface area contributed by atoms with Crippen LogP contribution in [0.15, 0.2) is 23.6 Å². The summed E-state index contributed by atoms with van der Waals surface area (Å²) < 4.78 is 7.58. The van der Waals surface area contributed by atoms with Crippen LogP contribution in [0.5, 0.6) is 0 Å². The Morgan fingerprint density at radius 2 is 2.35 bits per heavy atom. The fourth-order valence-corrected chi connectivity index (χ4v) is 5.56. The molecule has 1 aliphatic heterocycles. The molecule has 2 atom stereocenters. The van der Waals surface area contributed by atoms with Crippen LogP contribution < -0.4 is 5.32 Å². The minimum atomic E-state index is -0.244. The van der Waals surface area contributed by atoms with Gasteiger partial charge in [0.2, 0.25) is 5.91 Å². The van der Waals surface area contributed by atoms with Gasteiger partial charge in [-0.15, -0.1) is 11.3 Å². The quantitative estimate of drug-likeness (QED) is 0.850. The predicted molar refractivity (Wildman–Crippen MR) is 107 cm³/mol. The van der Waals surface area contributed by atoms with E-state index in [1.807, 2.05) is 6.07 Å². The van der Waals surface area contributed by atoms with Gasteiger partial charge in [0.1, 0.15) is 5.60 Å². The van der Waals surface area contributed by atoms with Crippen LogP contribution in [-0.2, 0) is 16.1 Å². The SMILES string of the molecule is CC(=O)N[C@@H]1CCCC[C@]12CN(Cc1csc3ccc(Cl)cc13)CCO2. The normalized spacial score (nSPS) is 27.1. The molecular weight excluding hydrogens is 368 g/mol. The number of thiophene rings is 1. The molecule has 4 nitrogen and oxygen atoms in total. The van der Waals surface area contributed by atoms with E-state index >= 15 is 0 Å². The molecule has 1 saturated carbocycles. The summed E-state index contributed by atoms with van der Waals surface area (Å²) in [5, 5.41) is 7.44. The highest BCUT2D eigenvalue weighted by Gasteiger charge is 2.45. The number of hydrogen-bond acceptors (Lipinski definition) is 4. The number of benzene rings is 1. The first-order valence-electron chi connectivity index (χ1n) is 9.35. The third-order valence-corrected chi connectivity index (χ3v) is 6.90. The van der Waals surface area contributed by atoms with Gasteiger partial charge in [-0.25, -0.2) is 0 Å². The number of halogens is 1. The van der Waals surface area contributed by atoms with Crippen molar-refractivity contribution in [1.29, 1.82) is 0 Å². The molecule has 26 heavy (non-hydrogen) atoms. The van der Waals surface area contributed by atoms with Gasteiger partial charge in [-0.05, 0) is 47.4 Å². The zero-order chi connectivity index (χ0) is 18.1. The summed E-state index contributed by atoms with van der Waals surface area (Å²) in [6.45, 7) is 5.02. The number of rotatable bonds is 3. The maximum absolute atomic E-state index is 11.7. The fraction of sp³-hybridized carbons (Fsp3) is 0.550. The number of nitrogens with zero attached hydrogens (tertiary/aromatic N) is 1. The van der Waals surface area contributed by atoms with E-state index in [4.69, 9.17) is 16.3 Å². The maximum atomic E-state index is 11.7. The number of ether oxygens (including phenoxy) is 1. The number of carbonyl (C=O) groups excluding carboxylic acids is 1. The van der Waals surface area contributed by atoms with Gasteiger partial charge in [0.25, 0.3) is 0 Å². The number of morpholine rings is 1. The Labute approximate surface area is 163 Å². The Kier molecular flexibility index (Phi) is 5.24. The molecule has 0 radical (unpaired) electrons. The Bertz CT molecular complexity index is 804. The molecule has 4 rings (SSSR count). The fourth-order valence-electron chi connectivity index (χ4n) is 4.45. The second-order valence-electron chi connectivity index (χ2n) is 7.52. The lowest BCUT2D eigenvalue weighted by Gasteiger charge is -2.49. The van der Waals surface area contributed by atoms with Crippen molar-refractivity contribution in [3.05, 3.63) is 34.2 Å². The molecule has 1 aliphatic carbocycles. The van der Waals surface area contributed by atoms with Crippen LogP contribution in [0, 0.1) is 0 Å². The van der Waals surface area contributed by atoms with Crippen molar-refractivity contribution in [3.8, 4) is 0 Å². The summed E-state index contributed by atoms with van der Waals surface area (Å²) in [6.07, 6.45) is 4.35. The molecule has 140 valence electrons. The number of carbonyl (C=O) groups is 1. The maximum Gasteiger partial charge on any atom is 0.217 e. The van der Waals surface area contributed by atoms with E-state index in [-0.39, 0.29) is 17.6 Å². The third-order valence-electron chi connectivity index (χ3n) is 5.65. The van der Waals surface area contributed by atoms with E-state index in [0.717, 1.165) is 50.5 Å². The molecule has 2 aromatic rings. The average Bonchev–Trinajstić information content (AvgIpc) is 2.99. The van der Waals surface area contributed by atoms with Crippen LogP contribution in [0.2, 0.25) is 5.02 Å². The van der Waals surface area contributed by atoms with E-state index in [1.54, 1.807) is 18.3 Å². The van der Waals surface area contributed by atoms with E-state index < -0.39 is 0 Å². The highest BCUT2D eigenvalue weighted by atomic mass is 35.5. The van der Waals surface area contributed by atoms with Crippen LogP contribution in [-0.4, -0.2) is 42.1 Å². The average molecular weight is 393 g/mol. The first kappa shape index (κ1) is 18.2. The lowest BCUT2D eigenvalue weighted by Crippen LogP contribution is -2.63. The summed E-state index contributed by atoms with van der Waals surface area (Å²) in [5.74, 6) is 0.0375. The van der Waals surface area contributed by atoms with Crippen LogP contribution in [0.1, 0.15) is 38.2 Å². The zero-order valence-electron chi connectivity index (χ0n) is 15.1. The minimum Gasteiger partial charge on any atom is -0.370 e. The van der Waals surface area contributed by atoms with Gasteiger partial charge in [-0.3, -0.25) is 9.69 Å². The lowest BCUT2D eigenvalue weighted by molar-refractivity contribution is -0.150. The topological polar surface area (TPSA) is 41.6 Å². The van der Waals surface area contributed by atoms with Gasteiger partial charge < -0.3 is 10.1 Å². The number of nitrogens with one attached hydrogen (secondary N) is 1. The third kappa shape index (κ3) is 3.63. The van der Waals surface area contributed by atoms with Crippen LogP contribution in [0.25, 0.3) is 10.1 Å². The van der Waals surface area contributed by atoms with Crippen molar-refractivity contribution in [1.82, 2.24) is 10.2 Å². The molecule has 2 heterocycles. The molecule has 0 bridgehead atoms. The first-order valence-corrected chi connectivity index (χ1v) is 10.6. The summed E-state index contributed by atoms with van der Waals surface area (Å²) in [5.41, 5.74) is 1.09. The molecule has 2 aliphatic rings. The summed E-state index contributed by atoms with van der Waals surface area (Å²) in [6, 6.07) is 6.24. The zero-order valence-corrected chi connectivity index (χ0v) is 16.7. The highest BCUT2D eigenvalue weighted by molar-refractivity contribution is 7.17. The number of amides is 1. The molecule has 1 amide bonds. The lowest BCUT2D eigenvalue weighted by atomic mass is 9.78. The van der Waals surface area contributed by atoms with Gasteiger partial charge >= 0.3 is 0 Å². The highest BCUT2D eigenvalue weighted by Crippen LogP contribution is 2.36. The van der Waals surface area contributed by atoms with Crippen molar-refractivity contribution >= 4 is 38.9 Å². The molecule has 0 unspecified atom stereocenters. The molecule has 1 aromatic carbocycles. The number of hydrogen-bond donors (Lipinski definition) is 1. The van der Waals surface area contributed by atoms with Gasteiger partial charge in [0, 0.05) is 36.3 Å². The summed E-state index contributed by atoms with van der Waals surface area (Å²) in [7, 11) is 0. The van der Waals surface area contributed by atoms with Gasteiger partial charge in [0.15, 0.2) is 0 Å². The minimum absolute atomic E-state index is 0.0375. The summed E-state index contributed by atoms with van der Waals surface area (Å²) >= 11 is 7.98. The van der Waals surface area contributed by atoms with Crippen LogP contribution in [0.4, 0.5) is 0 Å². The van der Waals surface area contributed by atoms with Crippen molar-refractivity contribution in [2.24, 2.45) is 0 Å². The summed E-state index contributed by atoms with van der Waals surface area (Å²) in [4.78, 5) is 14.1. The first-order chi connectivity index (χ1) is 12.6. The monoisotopic (exact) mass is 392 g/mol. The van der Waals surface area contributed by atoms with Crippen molar-refractivity contribution < 1.29 is 9.53 Å². The van der Waals surface area contributed by atoms with Crippen molar-refractivity contribution in [2.45, 2.75) is 50.8 Å². The Balaban J connectivity index is 1.54. The van der Waals surface area contributed by atoms with Crippen LogP contribution in [0.3, 0.4) is 0 Å². The largest absolute Gasteiger partial charge is 0.370 e. The molecule has 1 aromatic heterocycles. The van der Waals surface area contributed by atoms with Crippen LogP contribution >= 0.6 is 22.9 Å². The Hall–Kier alpha value is -1.14. The molecule has 1 spiro atoms. The van der Waals surface area contributed by atoms with E-state index in [0.29, 0.717) is 0 Å². The second-order valence-corrected chi connectivity index (χ2v) is 8.87. The van der Waals surface area contributed by atoms with Gasteiger partial charge in [0.05, 0.1) is 12.6 Å². The molecule has 1 N–H and O–H groups in total. The van der Waals surface area contributed by atoms with Gasteiger partial charge in [-0.1, -0.05) is 24.4 Å². The molecule has 6 heteroatoms. The molecule has 1 saturated heterocycles. The van der Waals surface area contributed by atoms with E-state index in [9.17, 15) is 4.79 Å². The standard InChI is InChI=1S/C20H25ClN2O2S/c1-14(24)22-19-4-2-3-7-20(19)13-23(8-9-25-20)11-15-12-26-18-6-5-16(21)10-17(15)18/h5-6,10,12,19H,2-4,7-9,11,13H2,1H3,(H,22,24)/t19-,20+/m1/s1. The smallest absolute Gasteiger partial charge is 0.217 e. The van der Waals surface area contributed by atoms with Gasteiger partial charge in [-0.2, -0.15) is 0 Å². The number of fused-ring (bicyclic) bond motifs is 1. The molecular formula is C20H25ClN2O2S. The van der Waals surface area contributed by atoms with Crippen molar-refractivity contribution in [2.75, 3.05) is 19.7 Å². The van der Waals surface area contributed by atoms with Crippen molar-refractivity contribution in [3.63, 3.8) is 0 Å². The Morgan fingerprint density at radius 3 is 3.19 bits per heavy atom. The predicted octanol–water partition coefficient (Wildman–Crippen LogP) is 4.20. The Morgan fingerprint density at radius 1 is 1.46 bits per heavy atom. The van der Waals surface area contributed by atoms with E-state index in [1.165, 1.54) is 22.1 Å².